The summed E-state index contributed by atoms with van der Waals surface area (Å²) in [5, 5.41) is 19.4. The van der Waals surface area contributed by atoms with Crippen molar-refractivity contribution in [3.63, 3.8) is 0 Å². The van der Waals surface area contributed by atoms with Gasteiger partial charge in [-0.25, -0.2) is 15.4 Å². The molecule has 9 heteroatoms. The van der Waals surface area contributed by atoms with Gasteiger partial charge in [0, 0.05) is 49.3 Å². The van der Waals surface area contributed by atoms with E-state index < -0.39 is 0 Å². The number of rotatable bonds is 10. The van der Waals surface area contributed by atoms with Crippen LogP contribution in [-0.4, -0.2) is 21.9 Å². The van der Waals surface area contributed by atoms with Gasteiger partial charge in [-0.1, -0.05) is 65.2 Å². The van der Waals surface area contributed by atoms with Gasteiger partial charge in [0.2, 0.25) is 5.69 Å². The Morgan fingerprint density at radius 2 is 1.19 bits per heavy atom. The minimum absolute atomic E-state index is 0. The van der Waals surface area contributed by atoms with Crippen LogP contribution in [0.3, 0.4) is 0 Å². The van der Waals surface area contributed by atoms with Crippen molar-refractivity contribution in [1.29, 1.82) is 10.5 Å². The van der Waals surface area contributed by atoms with Gasteiger partial charge in [-0.2, -0.15) is 41.8 Å². The predicted molar refractivity (Wildman–Crippen MR) is 273 cm³/mol. The Morgan fingerprint density at radius 3 is 1.65 bits per heavy atom. The third-order valence-corrected chi connectivity index (χ3v) is 12.3. The third-order valence-electron chi connectivity index (χ3n) is 12.3. The van der Waals surface area contributed by atoms with E-state index in [1.165, 1.54) is 44.8 Å². The van der Waals surface area contributed by atoms with Crippen molar-refractivity contribution in [3.8, 4) is 56.9 Å². The van der Waals surface area contributed by atoms with Gasteiger partial charge in [-0.15, -0.1) is 29.4 Å². The quantitative estimate of drug-likeness (QED) is 0.100. The van der Waals surface area contributed by atoms with Crippen LogP contribution in [0.2, 0.25) is 0 Å². The molecule has 0 spiro atoms. The molecule has 3 heterocycles. The SMILES string of the molecule is CC1=C(C)N(c2[c-]cccc2)[CH-]N1C.[C-]#[N+]c1c[c-]c(-c2cc(-c3c(C)cc(C)cc3C)cc(CCCCc3cc(-c4c(C)cc(C)cc4C)cc(-c4[c-]cc(C#N)cc4[N+]#[C-])n3)n2)c(C#N)c1.[Ir]. The Balaban J connectivity index is 0.000000445. The maximum Gasteiger partial charge on any atom is 0.236 e. The van der Waals surface area contributed by atoms with Gasteiger partial charge in [0.15, 0.2) is 5.69 Å². The van der Waals surface area contributed by atoms with Gasteiger partial charge in [-0.05, 0) is 179 Å². The van der Waals surface area contributed by atoms with Crippen LogP contribution in [0.25, 0.3) is 54.5 Å². The van der Waals surface area contributed by atoms with Gasteiger partial charge in [0.25, 0.3) is 0 Å². The molecule has 0 saturated carbocycles. The number of benzene rings is 5. The molecule has 5 aromatic carbocycles. The van der Waals surface area contributed by atoms with Crippen LogP contribution in [0.15, 0.2) is 108 Å². The van der Waals surface area contributed by atoms with Gasteiger partial charge in [0.05, 0.1) is 6.57 Å². The number of unbranched alkanes of at least 4 members (excludes halogenated alkanes) is 1. The average Bonchev–Trinajstić information content (AvgIpc) is 3.59. The predicted octanol–water partition coefficient (Wildman–Crippen LogP) is 14.6. The number of hydrogen-bond acceptors (Lipinski definition) is 6. The molecular weight excluding hydrogens is 1020 g/mol. The third kappa shape index (κ3) is 11.6. The van der Waals surface area contributed by atoms with Gasteiger partial charge in [-0.3, -0.25) is 0 Å². The molecule has 0 aliphatic carbocycles. The zero-order valence-corrected chi connectivity index (χ0v) is 42.9. The molecule has 0 unspecified atom stereocenters. The molecule has 0 amide bonds. The Morgan fingerprint density at radius 1 is 0.638 bits per heavy atom. The molecule has 0 atom stereocenters. The summed E-state index contributed by atoms with van der Waals surface area (Å²) in [6.45, 7) is 34.3. The van der Waals surface area contributed by atoms with E-state index >= 15 is 0 Å². The second kappa shape index (κ2) is 22.4. The average molecular weight is 1080 g/mol. The Kier molecular flexibility index (Phi) is 16.5. The smallest absolute Gasteiger partial charge is 0.236 e. The second-order valence-corrected chi connectivity index (χ2v) is 17.5. The molecule has 0 bridgehead atoms. The van der Waals surface area contributed by atoms with Crippen LogP contribution < -0.4 is 4.90 Å². The van der Waals surface area contributed by atoms with E-state index in [4.69, 9.17) is 23.1 Å². The molecule has 1 aliphatic heterocycles. The fourth-order valence-corrected chi connectivity index (χ4v) is 9.11. The van der Waals surface area contributed by atoms with E-state index in [1.54, 1.807) is 24.3 Å². The Labute approximate surface area is 422 Å². The molecule has 8 rings (SSSR count). The molecule has 0 fully saturated rings. The number of aromatic nitrogens is 2. The van der Waals surface area contributed by atoms with Crippen molar-refractivity contribution < 1.29 is 20.1 Å². The number of anilines is 1. The number of para-hydroxylation sites is 1. The summed E-state index contributed by atoms with van der Waals surface area (Å²) in [7, 11) is 2.06. The summed E-state index contributed by atoms with van der Waals surface area (Å²) in [6, 6.07) is 45.5. The molecule has 0 N–H and O–H groups in total. The first-order valence-electron chi connectivity index (χ1n) is 22.6. The van der Waals surface area contributed by atoms with Crippen molar-refractivity contribution in [2.75, 3.05) is 11.9 Å². The summed E-state index contributed by atoms with van der Waals surface area (Å²) in [5.74, 6) is 0. The summed E-state index contributed by atoms with van der Waals surface area (Å²) >= 11 is 0. The van der Waals surface area contributed by atoms with Crippen LogP contribution in [0.1, 0.15) is 82.6 Å². The van der Waals surface area contributed by atoms with E-state index in [0.29, 0.717) is 57.9 Å². The zero-order chi connectivity index (χ0) is 48.6. The van der Waals surface area contributed by atoms with Crippen LogP contribution in [0, 0.1) is 102 Å². The van der Waals surface area contributed by atoms with E-state index in [2.05, 4.69) is 161 Å². The van der Waals surface area contributed by atoms with Crippen molar-refractivity contribution in [1.82, 2.24) is 14.9 Å². The first-order chi connectivity index (χ1) is 32.7. The second-order valence-electron chi connectivity index (χ2n) is 17.5. The Bertz CT molecular complexity index is 3040. The number of allylic oxidation sites excluding steroid dienone is 2. The zero-order valence-electron chi connectivity index (χ0n) is 40.6. The Hall–Kier alpha value is -7.65. The molecule has 1 radical (unpaired) electrons. The summed E-state index contributed by atoms with van der Waals surface area (Å²) < 4.78 is 0. The summed E-state index contributed by atoms with van der Waals surface area (Å²) in [4.78, 5) is 21.6. The number of aryl methyl sites for hydroxylation is 8. The standard InChI is InChI=1S/C48H38N6.C12H14N2.Ir/c1-29-17-31(3)47(32(4)18-29)36-22-40(53-45(25-36)42-16-14-39(51-7)24-38(42)28-50)11-9-10-12-41-23-37(48-33(5)19-30(2)20-34(48)6)26-46(54-41)43-15-13-35(27-49)21-44(43)52-8;1-10-11(2)14(9-13(10)3)12-7-5-4-6-8-12;/h13-14,17-26H,9-12H2,1-6H3;4-7,9H,1-3H3;/q2*-2;. The summed E-state index contributed by atoms with van der Waals surface area (Å²) in [6.07, 6.45) is 3.10. The first kappa shape index (κ1) is 50.8. The minimum atomic E-state index is 0. The summed E-state index contributed by atoms with van der Waals surface area (Å²) in [5.41, 5.74) is 20.9. The fraction of sp³-hybridized carbons (Fsp3) is 0.217. The van der Waals surface area contributed by atoms with Gasteiger partial charge in [0.1, 0.15) is 6.57 Å². The van der Waals surface area contributed by atoms with Crippen molar-refractivity contribution in [2.45, 2.75) is 81.1 Å². The van der Waals surface area contributed by atoms with Crippen LogP contribution >= 0.6 is 0 Å². The van der Waals surface area contributed by atoms with Crippen molar-refractivity contribution in [2.24, 2.45) is 0 Å². The molecule has 8 nitrogen and oxygen atoms in total. The number of hydrogen-bond donors (Lipinski definition) is 0. The molecular formula is C60H52IrN8-4. The molecule has 345 valence electrons. The van der Waals surface area contributed by atoms with Crippen molar-refractivity contribution in [3.05, 3.63) is 212 Å². The van der Waals surface area contributed by atoms with Gasteiger partial charge >= 0.3 is 0 Å². The number of pyridine rings is 2. The van der Waals surface area contributed by atoms with Crippen LogP contribution in [0.4, 0.5) is 17.1 Å². The molecule has 2 aromatic heterocycles. The van der Waals surface area contributed by atoms with Crippen molar-refractivity contribution >= 4 is 17.1 Å². The van der Waals surface area contributed by atoms with E-state index in [0.717, 1.165) is 52.2 Å². The maximum absolute atomic E-state index is 10.00. The molecule has 69 heavy (non-hydrogen) atoms. The molecule has 0 saturated heterocycles. The monoisotopic (exact) mass is 1080 g/mol. The van der Waals surface area contributed by atoms with Gasteiger partial charge < -0.3 is 19.8 Å². The van der Waals surface area contributed by atoms with E-state index in [1.807, 2.05) is 30.3 Å². The van der Waals surface area contributed by atoms with E-state index in [-0.39, 0.29) is 20.1 Å². The largest absolute Gasteiger partial charge is 0.508 e. The maximum atomic E-state index is 10.00. The van der Waals surface area contributed by atoms with Crippen LogP contribution in [-0.2, 0) is 32.9 Å². The number of nitriles is 2. The molecule has 1 aliphatic rings. The topological polar surface area (TPSA) is 88.6 Å². The normalized spacial score (nSPS) is 11.7. The minimum Gasteiger partial charge on any atom is -0.508 e. The number of nitrogens with zero attached hydrogens (tertiary/aromatic N) is 8. The van der Waals surface area contributed by atoms with Crippen LogP contribution in [0.5, 0.6) is 0 Å². The molecule has 7 aromatic rings. The van der Waals surface area contributed by atoms with E-state index in [9.17, 15) is 10.5 Å². The first-order valence-corrected chi connectivity index (χ1v) is 22.6. The fourth-order valence-electron chi connectivity index (χ4n) is 9.11.